The van der Waals surface area contributed by atoms with Gasteiger partial charge in [-0.3, -0.25) is 14.9 Å². The maximum atomic E-state index is 12.7. The predicted molar refractivity (Wildman–Crippen MR) is 103 cm³/mol. The smallest absolute Gasteiger partial charge is 0.292 e. The molecule has 0 unspecified atom stereocenters. The highest BCUT2D eigenvalue weighted by molar-refractivity contribution is 5.79. The van der Waals surface area contributed by atoms with Gasteiger partial charge < -0.3 is 19.3 Å². The third-order valence-electron chi connectivity index (χ3n) is 5.01. The molecular formula is C20H21N3O5. The molecule has 4 rings (SSSR count). The fourth-order valence-corrected chi connectivity index (χ4v) is 3.57. The van der Waals surface area contributed by atoms with Crippen LogP contribution in [0.25, 0.3) is 0 Å². The van der Waals surface area contributed by atoms with E-state index in [0.717, 1.165) is 5.56 Å². The quantitative estimate of drug-likeness (QED) is 0.595. The van der Waals surface area contributed by atoms with Crippen LogP contribution in [0.5, 0.6) is 11.5 Å². The Morgan fingerprint density at radius 3 is 2.46 bits per heavy atom. The van der Waals surface area contributed by atoms with E-state index in [1.165, 1.54) is 6.07 Å². The third kappa shape index (κ3) is 3.71. The second kappa shape index (κ2) is 7.75. The first kappa shape index (κ1) is 18.1. The number of hydrogen-bond acceptors (Lipinski definition) is 6. The number of para-hydroxylation sites is 2. The van der Waals surface area contributed by atoms with Crippen molar-refractivity contribution in [3.8, 4) is 11.5 Å². The number of nitrogens with zero attached hydrogens (tertiary/aromatic N) is 3. The minimum Gasteiger partial charge on any atom is -0.486 e. The lowest BCUT2D eigenvalue weighted by Crippen LogP contribution is -2.49. The minimum absolute atomic E-state index is 0.0406. The minimum atomic E-state index is -0.366. The van der Waals surface area contributed by atoms with Crippen molar-refractivity contribution in [3.63, 3.8) is 0 Å². The van der Waals surface area contributed by atoms with Gasteiger partial charge in [0.1, 0.15) is 18.9 Å². The molecule has 1 fully saturated rings. The number of fused-ring (bicyclic) bond motifs is 1. The van der Waals surface area contributed by atoms with Crippen molar-refractivity contribution in [2.24, 2.45) is 0 Å². The molecule has 0 saturated carbocycles. The number of anilines is 1. The third-order valence-corrected chi connectivity index (χ3v) is 5.01. The van der Waals surface area contributed by atoms with Crippen molar-refractivity contribution in [1.82, 2.24) is 4.90 Å². The first-order chi connectivity index (χ1) is 13.6. The molecule has 0 N–H and O–H groups in total. The van der Waals surface area contributed by atoms with E-state index < -0.39 is 0 Å². The maximum absolute atomic E-state index is 12.7. The van der Waals surface area contributed by atoms with E-state index in [4.69, 9.17) is 9.47 Å². The zero-order valence-corrected chi connectivity index (χ0v) is 15.4. The van der Waals surface area contributed by atoms with Gasteiger partial charge in [0.2, 0.25) is 5.91 Å². The number of rotatable bonds is 4. The van der Waals surface area contributed by atoms with Crippen molar-refractivity contribution in [2.75, 3.05) is 44.3 Å². The highest BCUT2D eigenvalue weighted by Crippen LogP contribution is 2.31. The Bertz CT molecular complexity index is 893. The van der Waals surface area contributed by atoms with Crippen molar-refractivity contribution in [1.29, 1.82) is 0 Å². The van der Waals surface area contributed by atoms with E-state index >= 15 is 0 Å². The van der Waals surface area contributed by atoms with Crippen molar-refractivity contribution in [2.45, 2.75) is 6.42 Å². The predicted octanol–water partition coefficient (Wildman–Crippen LogP) is 2.26. The molecule has 0 aliphatic carbocycles. The molecule has 0 spiro atoms. The first-order valence-electron chi connectivity index (χ1n) is 9.26. The Labute approximate surface area is 162 Å². The van der Waals surface area contributed by atoms with E-state index in [1.807, 2.05) is 28.0 Å². The Morgan fingerprint density at radius 2 is 1.71 bits per heavy atom. The standard InChI is InChI=1S/C20H21N3O5/c24-20(14-15-5-6-18-19(13-15)28-12-11-27-18)22-9-7-21(8-10-22)16-3-1-2-4-17(16)23(25)26/h1-6,13H,7-12,14H2. The molecule has 0 aromatic heterocycles. The molecule has 1 saturated heterocycles. The first-order valence-corrected chi connectivity index (χ1v) is 9.26. The van der Waals surface area contributed by atoms with Gasteiger partial charge in [-0.1, -0.05) is 18.2 Å². The van der Waals surface area contributed by atoms with Crippen molar-refractivity contribution >= 4 is 17.3 Å². The van der Waals surface area contributed by atoms with Gasteiger partial charge >= 0.3 is 0 Å². The monoisotopic (exact) mass is 383 g/mol. The van der Waals surface area contributed by atoms with E-state index in [9.17, 15) is 14.9 Å². The summed E-state index contributed by atoms with van der Waals surface area (Å²) < 4.78 is 11.1. The van der Waals surface area contributed by atoms with Gasteiger partial charge in [-0.25, -0.2) is 0 Å². The summed E-state index contributed by atoms with van der Waals surface area (Å²) in [5, 5.41) is 11.2. The number of nitro benzene ring substituents is 1. The van der Waals surface area contributed by atoms with Crippen LogP contribution in [-0.4, -0.2) is 55.1 Å². The molecular weight excluding hydrogens is 362 g/mol. The number of piperazine rings is 1. The van der Waals surface area contributed by atoms with Crippen LogP contribution in [0.3, 0.4) is 0 Å². The fourth-order valence-electron chi connectivity index (χ4n) is 3.57. The Morgan fingerprint density at radius 1 is 1.00 bits per heavy atom. The maximum Gasteiger partial charge on any atom is 0.292 e. The van der Waals surface area contributed by atoms with Gasteiger partial charge in [-0.05, 0) is 23.8 Å². The number of nitro groups is 1. The summed E-state index contributed by atoms with van der Waals surface area (Å²) in [7, 11) is 0. The molecule has 2 aliphatic heterocycles. The summed E-state index contributed by atoms with van der Waals surface area (Å²) in [6.07, 6.45) is 0.294. The normalized spacial score (nSPS) is 16.0. The Hall–Kier alpha value is -3.29. The summed E-state index contributed by atoms with van der Waals surface area (Å²) in [5.74, 6) is 1.43. The highest BCUT2D eigenvalue weighted by atomic mass is 16.6. The number of amides is 1. The average Bonchev–Trinajstić information content (AvgIpc) is 2.73. The lowest BCUT2D eigenvalue weighted by Gasteiger charge is -2.36. The van der Waals surface area contributed by atoms with Gasteiger partial charge in [0.25, 0.3) is 5.69 Å². The number of carbonyl (C=O) groups excluding carboxylic acids is 1. The van der Waals surface area contributed by atoms with Crippen LogP contribution in [0.2, 0.25) is 0 Å². The van der Waals surface area contributed by atoms with Crippen LogP contribution in [0.15, 0.2) is 42.5 Å². The lowest BCUT2D eigenvalue weighted by atomic mass is 10.1. The number of hydrogen-bond donors (Lipinski definition) is 0. The fraction of sp³-hybridized carbons (Fsp3) is 0.350. The molecule has 8 heteroatoms. The molecule has 0 radical (unpaired) electrons. The average molecular weight is 383 g/mol. The second-order valence-electron chi connectivity index (χ2n) is 6.77. The van der Waals surface area contributed by atoms with E-state index in [-0.39, 0.29) is 16.5 Å². The van der Waals surface area contributed by atoms with Gasteiger partial charge in [-0.15, -0.1) is 0 Å². The van der Waals surface area contributed by atoms with Crippen LogP contribution in [0.4, 0.5) is 11.4 Å². The molecule has 8 nitrogen and oxygen atoms in total. The molecule has 1 amide bonds. The van der Waals surface area contributed by atoms with Crippen LogP contribution >= 0.6 is 0 Å². The molecule has 0 atom stereocenters. The molecule has 0 bridgehead atoms. The van der Waals surface area contributed by atoms with Gasteiger partial charge in [0, 0.05) is 32.2 Å². The van der Waals surface area contributed by atoms with Crippen LogP contribution < -0.4 is 14.4 Å². The largest absolute Gasteiger partial charge is 0.486 e. The summed E-state index contributed by atoms with van der Waals surface area (Å²) >= 11 is 0. The van der Waals surface area contributed by atoms with Crippen LogP contribution in [0, 0.1) is 10.1 Å². The molecule has 2 heterocycles. The van der Waals surface area contributed by atoms with Gasteiger partial charge in [0.05, 0.1) is 11.3 Å². The molecule has 2 aromatic carbocycles. The Kier molecular flexibility index (Phi) is 5.01. The zero-order chi connectivity index (χ0) is 19.5. The van der Waals surface area contributed by atoms with Gasteiger partial charge in [-0.2, -0.15) is 0 Å². The molecule has 2 aromatic rings. The number of benzene rings is 2. The molecule has 146 valence electrons. The SMILES string of the molecule is O=C(Cc1ccc2c(c1)OCCO2)N1CCN(c2ccccc2[N+](=O)[O-])CC1. The summed E-state index contributed by atoms with van der Waals surface area (Å²) in [4.78, 5) is 27.3. The van der Waals surface area contributed by atoms with E-state index in [2.05, 4.69) is 0 Å². The highest BCUT2D eigenvalue weighted by Gasteiger charge is 2.25. The van der Waals surface area contributed by atoms with Crippen molar-refractivity contribution < 1.29 is 19.2 Å². The molecule has 2 aliphatic rings. The zero-order valence-electron chi connectivity index (χ0n) is 15.4. The lowest BCUT2D eigenvalue weighted by molar-refractivity contribution is -0.384. The van der Waals surface area contributed by atoms with Crippen molar-refractivity contribution in [3.05, 3.63) is 58.1 Å². The molecule has 28 heavy (non-hydrogen) atoms. The van der Waals surface area contributed by atoms with Gasteiger partial charge in [0.15, 0.2) is 11.5 Å². The van der Waals surface area contributed by atoms with Crippen LogP contribution in [-0.2, 0) is 11.2 Å². The summed E-state index contributed by atoms with van der Waals surface area (Å²) in [5.41, 5.74) is 1.58. The van der Waals surface area contributed by atoms with E-state index in [0.29, 0.717) is 63.0 Å². The Balaban J connectivity index is 1.37. The van der Waals surface area contributed by atoms with Crippen LogP contribution in [0.1, 0.15) is 5.56 Å². The summed E-state index contributed by atoms with van der Waals surface area (Å²) in [6, 6.07) is 12.3. The van der Waals surface area contributed by atoms with E-state index in [1.54, 1.807) is 18.2 Å². The number of carbonyl (C=O) groups is 1. The second-order valence-corrected chi connectivity index (χ2v) is 6.77. The topological polar surface area (TPSA) is 85.2 Å². The summed E-state index contributed by atoms with van der Waals surface area (Å²) in [6.45, 7) is 3.26. The number of ether oxygens (including phenoxy) is 2.